The molecule has 0 radical (unpaired) electrons. The molecule has 4 rings (SSSR count). The normalized spacial score (nSPS) is 22.9. The molecule has 5 nitrogen and oxygen atoms in total. The van der Waals surface area contributed by atoms with E-state index in [1.807, 2.05) is 19.1 Å². The Morgan fingerprint density at radius 2 is 2.24 bits per heavy atom. The van der Waals surface area contributed by atoms with Crippen molar-refractivity contribution >= 4 is 6.03 Å². The molecule has 1 saturated heterocycles. The fourth-order valence-electron chi connectivity index (χ4n) is 3.70. The largest absolute Gasteiger partial charge is 0.364 e. The van der Waals surface area contributed by atoms with Gasteiger partial charge in [-0.05, 0) is 29.7 Å². The summed E-state index contributed by atoms with van der Waals surface area (Å²) >= 11 is 0. The van der Waals surface area contributed by atoms with Gasteiger partial charge >= 0.3 is 6.03 Å². The van der Waals surface area contributed by atoms with E-state index >= 15 is 0 Å². The number of rotatable bonds is 2. The molecule has 2 atom stereocenters. The fourth-order valence-corrected chi connectivity index (χ4v) is 3.70. The Kier molecular flexibility index (Phi) is 3.92. The molecule has 2 unspecified atom stereocenters. The zero-order valence-corrected chi connectivity index (χ0v) is 14.0. The van der Waals surface area contributed by atoms with Crippen LogP contribution in [0.5, 0.6) is 0 Å². The molecule has 130 valence electrons. The number of likely N-dealkylation sites (tertiary alicyclic amines) is 1. The minimum atomic E-state index is -0.408. The van der Waals surface area contributed by atoms with Crippen LogP contribution in [0.25, 0.3) is 0 Å². The number of fused-ring (bicyclic) bond motifs is 2. The summed E-state index contributed by atoms with van der Waals surface area (Å²) in [6, 6.07) is 9.09. The minimum absolute atomic E-state index is 0.165. The predicted octanol–water partition coefficient (Wildman–Crippen LogP) is 3.12. The van der Waals surface area contributed by atoms with Crippen molar-refractivity contribution in [2.45, 2.75) is 31.6 Å². The Hall–Kier alpha value is -2.47. The van der Waals surface area contributed by atoms with Crippen LogP contribution >= 0.6 is 0 Å². The molecule has 0 aliphatic carbocycles. The van der Waals surface area contributed by atoms with Gasteiger partial charge in [-0.3, -0.25) is 4.98 Å². The van der Waals surface area contributed by atoms with Gasteiger partial charge in [0, 0.05) is 19.2 Å². The topological polar surface area (TPSA) is 54.5 Å². The van der Waals surface area contributed by atoms with E-state index in [9.17, 15) is 9.18 Å². The number of hydrogen-bond donors (Lipinski definition) is 1. The number of nitrogens with one attached hydrogen (secondary N) is 1. The van der Waals surface area contributed by atoms with Gasteiger partial charge in [0.05, 0.1) is 25.4 Å². The summed E-state index contributed by atoms with van der Waals surface area (Å²) in [6.45, 7) is 3.58. The van der Waals surface area contributed by atoms with Crippen LogP contribution in [0, 0.1) is 5.82 Å². The maximum absolute atomic E-state index is 13.3. The van der Waals surface area contributed by atoms with E-state index < -0.39 is 11.4 Å². The molecule has 1 spiro atoms. The Labute approximate surface area is 145 Å². The van der Waals surface area contributed by atoms with E-state index in [0.717, 1.165) is 12.6 Å². The fraction of sp³-hybridized carbons (Fsp3) is 0.368. The van der Waals surface area contributed by atoms with Crippen molar-refractivity contribution < 1.29 is 13.9 Å². The number of halogens is 1. The zero-order valence-electron chi connectivity index (χ0n) is 14.0. The highest BCUT2D eigenvalue weighted by Crippen LogP contribution is 2.43. The van der Waals surface area contributed by atoms with Gasteiger partial charge in [-0.15, -0.1) is 0 Å². The van der Waals surface area contributed by atoms with E-state index in [0.29, 0.717) is 25.3 Å². The van der Waals surface area contributed by atoms with Crippen LogP contribution in [0.4, 0.5) is 9.18 Å². The van der Waals surface area contributed by atoms with Gasteiger partial charge in [-0.1, -0.05) is 24.3 Å². The third-order valence-corrected chi connectivity index (χ3v) is 5.10. The maximum atomic E-state index is 13.3. The smallest absolute Gasteiger partial charge is 0.317 e. The standard InChI is InChI=1S/C19H20FN3O2/c1-13(15-8-16(20)10-21-9-15)22-18(24)23-7-6-19(12-23)17-5-3-2-4-14(17)11-25-19/h2-5,8-10,13H,6-7,11-12H2,1H3,(H,22,24). The molecule has 1 fully saturated rings. The third-order valence-electron chi connectivity index (χ3n) is 5.10. The highest BCUT2D eigenvalue weighted by atomic mass is 19.1. The summed E-state index contributed by atoms with van der Waals surface area (Å²) in [6.07, 6.45) is 3.50. The third kappa shape index (κ3) is 2.87. The number of amides is 2. The van der Waals surface area contributed by atoms with Crippen LogP contribution in [0.3, 0.4) is 0 Å². The average Bonchev–Trinajstić information content (AvgIpc) is 3.21. The number of carbonyl (C=O) groups excluding carboxylic acids is 1. The molecule has 1 aromatic carbocycles. The molecular weight excluding hydrogens is 321 g/mol. The average molecular weight is 341 g/mol. The van der Waals surface area contributed by atoms with Crippen molar-refractivity contribution in [3.8, 4) is 0 Å². The van der Waals surface area contributed by atoms with Crippen LogP contribution in [0.15, 0.2) is 42.7 Å². The molecule has 2 aromatic rings. The summed E-state index contributed by atoms with van der Waals surface area (Å²) < 4.78 is 19.4. The monoisotopic (exact) mass is 341 g/mol. The summed E-state index contributed by atoms with van der Waals surface area (Å²) in [4.78, 5) is 18.2. The number of nitrogens with zero attached hydrogens (tertiary/aromatic N) is 2. The molecule has 1 aromatic heterocycles. The highest BCUT2D eigenvalue weighted by Gasteiger charge is 2.46. The van der Waals surface area contributed by atoms with Crippen LogP contribution in [-0.4, -0.2) is 29.0 Å². The van der Waals surface area contributed by atoms with Gasteiger partial charge < -0.3 is 15.0 Å². The summed E-state index contributed by atoms with van der Waals surface area (Å²) in [5.41, 5.74) is 2.64. The molecule has 0 bridgehead atoms. The Morgan fingerprint density at radius 3 is 3.08 bits per heavy atom. The van der Waals surface area contributed by atoms with Crippen molar-refractivity contribution in [3.05, 3.63) is 65.2 Å². The van der Waals surface area contributed by atoms with Gasteiger partial charge in [-0.25, -0.2) is 9.18 Å². The lowest BCUT2D eigenvalue weighted by molar-refractivity contribution is -0.0272. The molecule has 6 heteroatoms. The highest BCUT2D eigenvalue weighted by molar-refractivity contribution is 5.75. The molecule has 0 saturated carbocycles. The van der Waals surface area contributed by atoms with Gasteiger partial charge in [0.1, 0.15) is 11.4 Å². The summed E-state index contributed by atoms with van der Waals surface area (Å²) in [5.74, 6) is -0.408. The van der Waals surface area contributed by atoms with Crippen LogP contribution < -0.4 is 5.32 Å². The SMILES string of the molecule is CC(NC(=O)N1CCC2(C1)OCc1ccccc12)c1cncc(F)c1. The zero-order chi connectivity index (χ0) is 17.4. The van der Waals surface area contributed by atoms with E-state index in [1.54, 1.807) is 11.1 Å². The molecule has 3 heterocycles. The van der Waals surface area contributed by atoms with Crippen LogP contribution in [-0.2, 0) is 16.9 Å². The number of carbonyl (C=O) groups is 1. The summed E-state index contributed by atoms with van der Waals surface area (Å²) in [7, 11) is 0. The first kappa shape index (κ1) is 16.0. The van der Waals surface area contributed by atoms with Crippen LogP contribution in [0.1, 0.15) is 36.1 Å². The second-order valence-corrected chi connectivity index (χ2v) is 6.72. The van der Waals surface area contributed by atoms with Crippen LogP contribution in [0.2, 0.25) is 0 Å². The first-order valence-corrected chi connectivity index (χ1v) is 8.46. The van der Waals surface area contributed by atoms with Crippen molar-refractivity contribution in [3.63, 3.8) is 0 Å². The number of hydrogen-bond acceptors (Lipinski definition) is 3. The first-order chi connectivity index (χ1) is 12.1. The Balaban J connectivity index is 1.45. The summed E-state index contributed by atoms with van der Waals surface area (Å²) in [5, 5.41) is 2.92. The van der Waals surface area contributed by atoms with Gasteiger partial charge in [0.2, 0.25) is 0 Å². The van der Waals surface area contributed by atoms with Gasteiger partial charge in [0.15, 0.2) is 0 Å². The second-order valence-electron chi connectivity index (χ2n) is 6.72. The van der Waals surface area contributed by atoms with Gasteiger partial charge in [-0.2, -0.15) is 0 Å². The van der Waals surface area contributed by atoms with Crippen molar-refractivity contribution in [1.82, 2.24) is 15.2 Å². The number of benzene rings is 1. The van der Waals surface area contributed by atoms with E-state index in [1.165, 1.54) is 17.2 Å². The van der Waals surface area contributed by atoms with E-state index in [-0.39, 0.29) is 12.1 Å². The number of aromatic nitrogens is 1. The van der Waals surface area contributed by atoms with E-state index in [4.69, 9.17) is 4.74 Å². The molecule has 2 amide bonds. The molecule has 1 N–H and O–H groups in total. The second kappa shape index (κ2) is 6.11. The minimum Gasteiger partial charge on any atom is -0.364 e. The lowest BCUT2D eigenvalue weighted by Crippen LogP contribution is -2.41. The quantitative estimate of drug-likeness (QED) is 0.913. The first-order valence-electron chi connectivity index (χ1n) is 8.46. The maximum Gasteiger partial charge on any atom is 0.317 e. The van der Waals surface area contributed by atoms with Gasteiger partial charge in [0.25, 0.3) is 0 Å². The Bertz CT molecular complexity index is 813. The van der Waals surface area contributed by atoms with Crippen molar-refractivity contribution in [1.29, 1.82) is 0 Å². The predicted molar refractivity (Wildman–Crippen MR) is 90.2 cm³/mol. The number of ether oxygens (including phenoxy) is 1. The lowest BCUT2D eigenvalue weighted by atomic mass is 9.92. The molecular formula is C19H20FN3O2. The molecule has 25 heavy (non-hydrogen) atoms. The number of urea groups is 1. The van der Waals surface area contributed by atoms with Crippen molar-refractivity contribution in [2.24, 2.45) is 0 Å². The lowest BCUT2D eigenvalue weighted by Gasteiger charge is -2.26. The number of pyridine rings is 1. The molecule has 2 aliphatic rings. The van der Waals surface area contributed by atoms with E-state index in [2.05, 4.69) is 22.4 Å². The Morgan fingerprint density at radius 1 is 1.40 bits per heavy atom. The molecule has 2 aliphatic heterocycles. The van der Waals surface area contributed by atoms with Crippen molar-refractivity contribution in [2.75, 3.05) is 13.1 Å².